The second-order valence-corrected chi connectivity index (χ2v) is 8.64. The zero-order valence-electron chi connectivity index (χ0n) is 19.4. The van der Waals surface area contributed by atoms with Crippen LogP contribution in [0.2, 0.25) is 0 Å². The Hall–Kier alpha value is -2.33. The molecule has 1 aromatic carbocycles. The van der Waals surface area contributed by atoms with Crippen LogP contribution in [-0.2, 0) is 16.1 Å². The Kier molecular flexibility index (Phi) is 8.23. The maximum absolute atomic E-state index is 13.0. The van der Waals surface area contributed by atoms with E-state index in [1.165, 1.54) is 18.2 Å². The lowest BCUT2D eigenvalue weighted by Crippen LogP contribution is -2.49. The van der Waals surface area contributed by atoms with Crippen LogP contribution in [0.25, 0.3) is 0 Å². The minimum absolute atomic E-state index is 0.0179. The zero-order chi connectivity index (χ0) is 24.2. The Morgan fingerprint density at radius 1 is 1.27 bits per heavy atom. The second-order valence-electron chi connectivity index (χ2n) is 8.64. The summed E-state index contributed by atoms with van der Waals surface area (Å²) in [4.78, 5) is 31.4. The summed E-state index contributed by atoms with van der Waals surface area (Å²) in [6, 6.07) is 5.51. The van der Waals surface area contributed by atoms with Crippen LogP contribution in [0.1, 0.15) is 38.7 Å². The van der Waals surface area contributed by atoms with Crippen LogP contribution in [-0.4, -0.2) is 84.2 Å². The molecule has 2 fully saturated rings. The molecule has 0 saturated carbocycles. The van der Waals surface area contributed by atoms with E-state index in [4.69, 9.17) is 0 Å². The molecular formula is C23H33F3N4O3. The van der Waals surface area contributed by atoms with Crippen molar-refractivity contribution in [3.05, 3.63) is 29.8 Å². The number of rotatable bonds is 8. The minimum Gasteiger partial charge on any atom is -0.406 e. The van der Waals surface area contributed by atoms with E-state index < -0.39 is 12.4 Å². The lowest BCUT2D eigenvalue weighted by Gasteiger charge is -2.33. The summed E-state index contributed by atoms with van der Waals surface area (Å²) in [6.45, 7) is 6.76. The number of hydrogen-bond donors (Lipinski definition) is 1. The van der Waals surface area contributed by atoms with E-state index in [2.05, 4.69) is 15.0 Å². The number of benzene rings is 1. The molecule has 184 valence electrons. The number of alkyl halides is 3. The van der Waals surface area contributed by atoms with Gasteiger partial charge in [-0.3, -0.25) is 19.4 Å². The normalized spacial score (nSPS) is 24.2. The molecule has 10 heteroatoms. The number of nitrogens with zero attached hydrogens (tertiary/aromatic N) is 3. The first-order valence-electron chi connectivity index (χ1n) is 11.5. The number of carbonyl (C=O) groups is 2. The molecule has 1 N–H and O–H groups in total. The van der Waals surface area contributed by atoms with Crippen molar-refractivity contribution in [1.82, 2.24) is 20.0 Å². The third-order valence-corrected chi connectivity index (χ3v) is 6.67. The monoisotopic (exact) mass is 470 g/mol. The molecule has 0 aliphatic carbocycles. The van der Waals surface area contributed by atoms with Gasteiger partial charge in [0.15, 0.2) is 0 Å². The predicted octanol–water partition coefficient (Wildman–Crippen LogP) is 2.61. The van der Waals surface area contributed by atoms with Gasteiger partial charge in [0, 0.05) is 51.2 Å². The number of halogens is 3. The van der Waals surface area contributed by atoms with Gasteiger partial charge in [0.1, 0.15) is 11.8 Å². The number of amides is 2. The first-order valence-corrected chi connectivity index (χ1v) is 11.5. The second kappa shape index (κ2) is 10.7. The quantitative estimate of drug-likeness (QED) is 0.633. The molecule has 0 spiro atoms. The van der Waals surface area contributed by atoms with Crippen molar-refractivity contribution in [2.75, 3.05) is 33.2 Å². The number of likely N-dealkylation sites (tertiary alicyclic amines) is 1. The highest BCUT2D eigenvalue weighted by molar-refractivity contribution is 5.83. The summed E-state index contributed by atoms with van der Waals surface area (Å²) in [5.74, 6) is -0.227. The van der Waals surface area contributed by atoms with Crippen LogP contribution in [0, 0.1) is 0 Å². The summed E-state index contributed by atoms with van der Waals surface area (Å²) in [6.07, 6.45) is -2.89. The average molecular weight is 471 g/mol. The summed E-state index contributed by atoms with van der Waals surface area (Å²) < 4.78 is 41.7. The molecule has 1 aromatic rings. The third-order valence-electron chi connectivity index (χ3n) is 6.67. The molecule has 2 amide bonds. The van der Waals surface area contributed by atoms with Crippen LogP contribution < -0.4 is 10.1 Å². The molecule has 2 heterocycles. The number of ether oxygens (including phenoxy) is 1. The number of hydrogen-bond acceptors (Lipinski definition) is 5. The van der Waals surface area contributed by atoms with Crippen molar-refractivity contribution >= 4 is 11.8 Å². The molecule has 2 aliphatic heterocycles. The Morgan fingerprint density at radius 2 is 2.00 bits per heavy atom. The standard InChI is InChI=1S/C23H33F3N4O3/c1-4-29(5-2)20(31)10-9-17-14-27-22(32)21-19(28(17)3)11-12-30(21)15-16-7-6-8-18(13-16)33-23(24,25)26/h6-8,13,17,19,21H,4-5,9-12,14-15H2,1-3H3,(H,27,32)/t17-,19+,21-/m0/s1. The van der Waals surface area contributed by atoms with Crippen molar-refractivity contribution < 1.29 is 27.5 Å². The minimum atomic E-state index is -4.75. The number of carbonyl (C=O) groups excluding carboxylic acids is 2. The van der Waals surface area contributed by atoms with Gasteiger partial charge < -0.3 is 15.0 Å². The van der Waals surface area contributed by atoms with Gasteiger partial charge in [0.2, 0.25) is 11.8 Å². The molecule has 3 atom stereocenters. The lowest BCUT2D eigenvalue weighted by atomic mass is 10.0. The van der Waals surface area contributed by atoms with Gasteiger partial charge in [-0.05, 0) is 51.4 Å². The van der Waals surface area contributed by atoms with Crippen LogP contribution in [0.4, 0.5) is 13.2 Å². The first-order chi connectivity index (χ1) is 15.6. The highest BCUT2D eigenvalue weighted by atomic mass is 19.4. The Bertz CT molecular complexity index is 831. The fourth-order valence-electron chi connectivity index (χ4n) is 4.93. The molecule has 3 rings (SSSR count). The Labute approximate surface area is 192 Å². The van der Waals surface area contributed by atoms with Crippen molar-refractivity contribution in [2.45, 2.75) is 64.1 Å². The largest absolute Gasteiger partial charge is 0.573 e. The van der Waals surface area contributed by atoms with E-state index in [0.717, 1.165) is 6.42 Å². The van der Waals surface area contributed by atoms with Gasteiger partial charge in [-0.15, -0.1) is 13.2 Å². The highest BCUT2D eigenvalue weighted by Gasteiger charge is 2.45. The molecule has 0 unspecified atom stereocenters. The molecule has 7 nitrogen and oxygen atoms in total. The van der Waals surface area contributed by atoms with Gasteiger partial charge in [0.25, 0.3) is 0 Å². The number of fused-ring (bicyclic) bond motifs is 1. The van der Waals surface area contributed by atoms with E-state index in [0.29, 0.717) is 51.1 Å². The van der Waals surface area contributed by atoms with Crippen molar-refractivity contribution in [1.29, 1.82) is 0 Å². The summed E-state index contributed by atoms with van der Waals surface area (Å²) >= 11 is 0. The molecule has 2 aliphatic rings. The molecule has 2 saturated heterocycles. The fourth-order valence-corrected chi connectivity index (χ4v) is 4.93. The highest BCUT2D eigenvalue weighted by Crippen LogP contribution is 2.30. The lowest BCUT2D eigenvalue weighted by molar-refractivity contribution is -0.274. The van der Waals surface area contributed by atoms with Gasteiger partial charge >= 0.3 is 6.36 Å². The van der Waals surface area contributed by atoms with Gasteiger partial charge in [0.05, 0.1) is 0 Å². The smallest absolute Gasteiger partial charge is 0.406 e. The SMILES string of the molecule is CCN(CC)C(=O)CC[C@H]1CNC(=O)[C@@H]2[C@@H](CCN2Cc2cccc(OC(F)(F)F)c2)N1C. The third kappa shape index (κ3) is 6.38. The van der Waals surface area contributed by atoms with Crippen molar-refractivity contribution in [3.8, 4) is 5.75 Å². The van der Waals surface area contributed by atoms with Crippen LogP contribution in [0.3, 0.4) is 0 Å². The number of likely N-dealkylation sites (N-methyl/N-ethyl adjacent to an activating group) is 1. The summed E-state index contributed by atoms with van der Waals surface area (Å²) in [5.41, 5.74) is 0.651. The first kappa shape index (κ1) is 25.3. The average Bonchev–Trinajstić information content (AvgIpc) is 3.11. The summed E-state index contributed by atoms with van der Waals surface area (Å²) in [5, 5.41) is 3.01. The van der Waals surface area contributed by atoms with Gasteiger partial charge in [-0.2, -0.15) is 0 Å². The number of nitrogens with one attached hydrogen (secondary N) is 1. The molecule has 0 radical (unpaired) electrons. The molecule has 33 heavy (non-hydrogen) atoms. The van der Waals surface area contributed by atoms with Crippen molar-refractivity contribution in [2.24, 2.45) is 0 Å². The van der Waals surface area contributed by atoms with Crippen molar-refractivity contribution in [3.63, 3.8) is 0 Å². The van der Waals surface area contributed by atoms with E-state index >= 15 is 0 Å². The van der Waals surface area contributed by atoms with E-state index in [-0.39, 0.29) is 29.6 Å². The predicted molar refractivity (Wildman–Crippen MR) is 117 cm³/mol. The Balaban J connectivity index is 1.66. The zero-order valence-corrected chi connectivity index (χ0v) is 19.4. The Morgan fingerprint density at radius 3 is 2.67 bits per heavy atom. The molecule has 0 bridgehead atoms. The maximum Gasteiger partial charge on any atom is 0.573 e. The topological polar surface area (TPSA) is 65.1 Å². The van der Waals surface area contributed by atoms with Gasteiger partial charge in [-0.1, -0.05) is 12.1 Å². The molecular weight excluding hydrogens is 437 g/mol. The summed E-state index contributed by atoms with van der Waals surface area (Å²) in [7, 11) is 1.99. The van der Waals surface area contributed by atoms with Gasteiger partial charge in [-0.25, -0.2) is 0 Å². The van der Waals surface area contributed by atoms with Crippen LogP contribution >= 0.6 is 0 Å². The van der Waals surface area contributed by atoms with E-state index in [1.54, 1.807) is 6.07 Å². The van der Waals surface area contributed by atoms with E-state index in [1.807, 2.05) is 30.7 Å². The van der Waals surface area contributed by atoms with Crippen LogP contribution in [0.5, 0.6) is 5.75 Å². The van der Waals surface area contributed by atoms with Crippen LogP contribution in [0.15, 0.2) is 24.3 Å². The van der Waals surface area contributed by atoms with E-state index in [9.17, 15) is 22.8 Å². The maximum atomic E-state index is 13.0. The molecule has 0 aromatic heterocycles. The fraction of sp³-hybridized carbons (Fsp3) is 0.652.